The number of aromatic nitrogens is 4. The Balaban J connectivity index is 1.68. The van der Waals surface area contributed by atoms with Gasteiger partial charge in [0.05, 0.1) is 12.1 Å². The topological polar surface area (TPSA) is 78.5 Å². The van der Waals surface area contributed by atoms with Gasteiger partial charge in [0.2, 0.25) is 0 Å². The Morgan fingerprint density at radius 2 is 2.17 bits per heavy atom. The third-order valence-electron chi connectivity index (χ3n) is 3.53. The van der Waals surface area contributed by atoms with Gasteiger partial charge in [0, 0.05) is 18.6 Å². The number of pyridine rings is 2. The second-order valence-electron chi connectivity index (χ2n) is 4.96. The summed E-state index contributed by atoms with van der Waals surface area (Å²) in [6.45, 7) is 2.23. The number of hydrogen-bond acceptors (Lipinski definition) is 5. The van der Waals surface area contributed by atoms with Gasteiger partial charge in [0.25, 0.3) is 0 Å². The molecule has 0 spiro atoms. The van der Waals surface area contributed by atoms with Gasteiger partial charge < -0.3 is 4.74 Å². The van der Waals surface area contributed by atoms with Crippen molar-refractivity contribution in [2.45, 2.75) is 19.9 Å². The molecule has 0 unspecified atom stereocenters. The third kappa shape index (κ3) is 2.98. The summed E-state index contributed by atoms with van der Waals surface area (Å²) in [6, 6.07) is 6.95. The molecule has 7 heteroatoms. The first-order valence-corrected chi connectivity index (χ1v) is 7.35. The van der Waals surface area contributed by atoms with Gasteiger partial charge in [-0.3, -0.25) is 9.38 Å². The number of hydrogen-bond donors (Lipinski definition) is 0. The minimum absolute atomic E-state index is 0.0775. The highest BCUT2D eigenvalue weighted by atomic mass is 16.5. The van der Waals surface area contributed by atoms with Crippen LogP contribution in [-0.2, 0) is 17.7 Å². The molecule has 0 saturated heterocycles. The molecule has 0 radical (unpaired) electrons. The normalized spacial score (nSPS) is 10.8. The van der Waals surface area contributed by atoms with Crippen molar-refractivity contribution in [3.05, 3.63) is 64.5 Å². The predicted octanol–water partition coefficient (Wildman–Crippen LogP) is 1.31. The van der Waals surface area contributed by atoms with Crippen LogP contribution in [0.15, 0.2) is 47.7 Å². The van der Waals surface area contributed by atoms with E-state index in [1.54, 1.807) is 36.8 Å². The van der Waals surface area contributed by atoms with Crippen molar-refractivity contribution in [1.29, 1.82) is 0 Å². The van der Waals surface area contributed by atoms with Crippen LogP contribution < -0.4 is 5.69 Å². The van der Waals surface area contributed by atoms with Crippen molar-refractivity contribution in [1.82, 2.24) is 19.2 Å². The molecule has 3 rings (SSSR count). The molecule has 0 N–H and O–H groups in total. The quantitative estimate of drug-likeness (QED) is 0.664. The van der Waals surface area contributed by atoms with E-state index in [-0.39, 0.29) is 18.8 Å². The fourth-order valence-electron chi connectivity index (χ4n) is 2.32. The molecule has 0 aromatic carbocycles. The molecule has 0 aliphatic heterocycles. The van der Waals surface area contributed by atoms with Crippen LogP contribution >= 0.6 is 0 Å². The van der Waals surface area contributed by atoms with Gasteiger partial charge in [-0.15, -0.1) is 5.10 Å². The van der Waals surface area contributed by atoms with Crippen LogP contribution in [0, 0.1) is 0 Å². The number of nitrogens with zero attached hydrogens (tertiary/aromatic N) is 4. The molecule has 0 fully saturated rings. The Morgan fingerprint density at radius 1 is 1.30 bits per heavy atom. The maximum absolute atomic E-state index is 12.1. The first kappa shape index (κ1) is 15.0. The molecule has 0 atom stereocenters. The second kappa shape index (κ2) is 6.43. The molecule has 0 aliphatic carbocycles. The zero-order valence-electron chi connectivity index (χ0n) is 12.7. The molecule has 3 aromatic heterocycles. The lowest BCUT2D eigenvalue weighted by molar-refractivity contribution is 0.0485. The SMILES string of the molecule is CCc1cnccc1C(=O)OCCn1nc2ccccn2c1=O. The van der Waals surface area contributed by atoms with Crippen LogP contribution in [-0.4, -0.2) is 31.7 Å². The molecule has 3 heterocycles. The van der Waals surface area contributed by atoms with Crippen molar-refractivity contribution in [2.75, 3.05) is 6.61 Å². The van der Waals surface area contributed by atoms with Gasteiger partial charge in [-0.25, -0.2) is 14.3 Å². The van der Waals surface area contributed by atoms with Crippen LogP contribution in [0.2, 0.25) is 0 Å². The van der Waals surface area contributed by atoms with Gasteiger partial charge in [0.15, 0.2) is 5.65 Å². The van der Waals surface area contributed by atoms with Gasteiger partial charge in [-0.1, -0.05) is 13.0 Å². The number of ether oxygens (including phenoxy) is 1. The number of esters is 1. The van der Waals surface area contributed by atoms with Gasteiger partial charge in [-0.2, -0.15) is 0 Å². The van der Waals surface area contributed by atoms with E-state index >= 15 is 0 Å². The van der Waals surface area contributed by atoms with Crippen LogP contribution in [0.4, 0.5) is 0 Å². The Kier molecular flexibility index (Phi) is 4.18. The minimum atomic E-state index is -0.416. The van der Waals surface area contributed by atoms with Crippen LogP contribution in [0.25, 0.3) is 5.65 Å². The first-order valence-electron chi connectivity index (χ1n) is 7.35. The van der Waals surface area contributed by atoms with E-state index < -0.39 is 5.97 Å². The molecule has 0 saturated carbocycles. The maximum Gasteiger partial charge on any atom is 0.350 e. The molecular formula is C16H16N4O3. The highest BCUT2D eigenvalue weighted by Gasteiger charge is 2.12. The van der Waals surface area contributed by atoms with Crippen LogP contribution in [0.1, 0.15) is 22.8 Å². The van der Waals surface area contributed by atoms with E-state index in [9.17, 15) is 9.59 Å². The summed E-state index contributed by atoms with van der Waals surface area (Å²) in [5.74, 6) is -0.416. The third-order valence-corrected chi connectivity index (χ3v) is 3.53. The van der Waals surface area contributed by atoms with E-state index in [0.29, 0.717) is 17.6 Å². The molecule has 7 nitrogen and oxygen atoms in total. The monoisotopic (exact) mass is 312 g/mol. The Labute approximate surface area is 132 Å². The zero-order valence-corrected chi connectivity index (χ0v) is 12.7. The van der Waals surface area contributed by atoms with Crippen LogP contribution in [0.3, 0.4) is 0 Å². The van der Waals surface area contributed by atoms with Gasteiger partial charge in [-0.05, 0) is 30.2 Å². The lowest BCUT2D eigenvalue weighted by Gasteiger charge is -2.07. The van der Waals surface area contributed by atoms with E-state index in [4.69, 9.17) is 4.74 Å². The average Bonchev–Trinajstić information content (AvgIpc) is 2.91. The van der Waals surface area contributed by atoms with Crippen molar-refractivity contribution >= 4 is 11.6 Å². The number of aryl methyl sites for hydroxylation is 1. The van der Waals surface area contributed by atoms with Crippen LogP contribution in [0.5, 0.6) is 0 Å². The number of carbonyl (C=O) groups excluding carboxylic acids is 1. The largest absolute Gasteiger partial charge is 0.460 e. The summed E-state index contributed by atoms with van der Waals surface area (Å²) < 4.78 is 7.98. The van der Waals surface area contributed by atoms with Crippen molar-refractivity contribution in [3.63, 3.8) is 0 Å². The Hall–Kier alpha value is -2.96. The Bertz CT molecular complexity index is 897. The number of carbonyl (C=O) groups is 1. The summed E-state index contributed by atoms with van der Waals surface area (Å²) >= 11 is 0. The highest BCUT2D eigenvalue weighted by molar-refractivity contribution is 5.90. The van der Waals surface area contributed by atoms with E-state index in [1.165, 1.54) is 9.08 Å². The number of fused-ring (bicyclic) bond motifs is 1. The fourth-order valence-corrected chi connectivity index (χ4v) is 2.32. The lowest BCUT2D eigenvalue weighted by atomic mass is 10.1. The smallest absolute Gasteiger partial charge is 0.350 e. The molecular weight excluding hydrogens is 296 g/mol. The Morgan fingerprint density at radius 3 is 2.96 bits per heavy atom. The first-order chi connectivity index (χ1) is 11.2. The van der Waals surface area contributed by atoms with Crippen molar-refractivity contribution < 1.29 is 9.53 Å². The molecule has 118 valence electrons. The predicted molar refractivity (Wildman–Crippen MR) is 83.3 cm³/mol. The molecule has 3 aromatic rings. The average molecular weight is 312 g/mol. The zero-order chi connectivity index (χ0) is 16.2. The van der Waals surface area contributed by atoms with E-state index in [1.807, 2.05) is 13.0 Å². The summed E-state index contributed by atoms with van der Waals surface area (Å²) in [4.78, 5) is 28.2. The number of rotatable bonds is 5. The van der Waals surface area contributed by atoms with Gasteiger partial charge in [0.1, 0.15) is 6.61 Å². The van der Waals surface area contributed by atoms with E-state index in [0.717, 1.165) is 5.56 Å². The summed E-state index contributed by atoms with van der Waals surface area (Å²) in [7, 11) is 0. The van der Waals surface area contributed by atoms with Gasteiger partial charge >= 0.3 is 11.7 Å². The molecule has 0 amide bonds. The standard InChI is InChI=1S/C16H16N4O3/c1-2-12-11-17-7-6-13(12)15(21)23-10-9-20-16(22)19-8-4-3-5-14(19)18-20/h3-8,11H,2,9-10H2,1H3. The van der Waals surface area contributed by atoms with Crippen molar-refractivity contribution in [2.24, 2.45) is 0 Å². The molecule has 23 heavy (non-hydrogen) atoms. The van der Waals surface area contributed by atoms with E-state index in [2.05, 4.69) is 10.1 Å². The summed E-state index contributed by atoms with van der Waals surface area (Å²) in [5, 5.41) is 4.18. The molecule has 0 bridgehead atoms. The molecule has 0 aliphatic rings. The van der Waals surface area contributed by atoms with Crippen molar-refractivity contribution in [3.8, 4) is 0 Å². The minimum Gasteiger partial charge on any atom is -0.460 e. The highest BCUT2D eigenvalue weighted by Crippen LogP contribution is 2.09. The summed E-state index contributed by atoms with van der Waals surface area (Å²) in [5.41, 5.74) is 1.65. The second-order valence-corrected chi connectivity index (χ2v) is 4.96. The maximum atomic E-state index is 12.1. The summed E-state index contributed by atoms with van der Waals surface area (Å²) in [6.07, 6.45) is 5.56. The lowest BCUT2D eigenvalue weighted by Crippen LogP contribution is -2.24. The fraction of sp³-hybridized carbons (Fsp3) is 0.250.